The Morgan fingerprint density at radius 2 is 2.09 bits per heavy atom. The summed E-state index contributed by atoms with van der Waals surface area (Å²) >= 11 is 6.10. The average Bonchev–Trinajstić information content (AvgIpc) is 2.54. The maximum absolute atomic E-state index is 6.10. The van der Waals surface area contributed by atoms with Crippen molar-refractivity contribution in [2.45, 2.75) is 32.2 Å². The van der Waals surface area contributed by atoms with E-state index in [4.69, 9.17) is 11.6 Å². The summed E-state index contributed by atoms with van der Waals surface area (Å²) in [6, 6.07) is 10.8. The Morgan fingerprint density at radius 1 is 1.22 bits per heavy atom. The van der Waals surface area contributed by atoms with Gasteiger partial charge in [0.2, 0.25) is 5.28 Å². The maximum Gasteiger partial charge on any atom is 0.225 e. The van der Waals surface area contributed by atoms with E-state index >= 15 is 0 Å². The minimum Gasteiger partial charge on any atom is -0.361 e. The number of hydrogen-bond acceptors (Lipinski definition) is 4. The van der Waals surface area contributed by atoms with Crippen LogP contribution >= 0.6 is 11.6 Å². The molecule has 3 aromatic rings. The first kappa shape index (κ1) is 14.4. The van der Waals surface area contributed by atoms with Gasteiger partial charge in [-0.15, -0.1) is 0 Å². The summed E-state index contributed by atoms with van der Waals surface area (Å²) < 4.78 is 0. The summed E-state index contributed by atoms with van der Waals surface area (Å²) in [6.07, 6.45) is 5.21. The Balaban J connectivity index is 1.77. The zero-order chi connectivity index (χ0) is 15.8. The second kappa shape index (κ2) is 5.78. The van der Waals surface area contributed by atoms with Crippen LogP contribution in [-0.4, -0.2) is 15.0 Å². The van der Waals surface area contributed by atoms with Crippen molar-refractivity contribution >= 4 is 28.5 Å². The van der Waals surface area contributed by atoms with E-state index in [1.54, 1.807) is 0 Å². The third kappa shape index (κ3) is 2.75. The summed E-state index contributed by atoms with van der Waals surface area (Å²) in [5.74, 6) is 0.710. The third-order valence-electron chi connectivity index (χ3n) is 4.33. The number of hydrogen-bond donors (Lipinski definition) is 1. The van der Waals surface area contributed by atoms with Crippen LogP contribution in [0.15, 0.2) is 36.5 Å². The molecule has 2 aromatic heterocycles. The average molecular weight is 325 g/mol. The van der Waals surface area contributed by atoms with Gasteiger partial charge in [-0.2, -0.15) is 4.98 Å². The van der Waals surface area contributed by atoms with Gasteiger partial charge in [-0.3, -0.25) is 4.98 Å². The first-order valence-corrected chi connectivity index (χ1v) is 8.23. The van der Waals surface area contributed by atoms with Crippen molar-refractivity contribution in [3.63, 3.8) is 0 Å². The zero-order valence-corrected chi connectivity index (χ0v) is 13.6. The van der Waals surface area contributed by atoms with E-state index in [1.165, 1.54) is 11.1 Å². The van der Waals surface area contributed by atoms with E-state index in [0.717, 1.165) is 35.9 Å². The third-order valence-corrected chi connectivity index (χ3v) is 4.49. The molecule has 1 aliphatic carbocycles. The van der Waals surface area contributed by atoms with Gasteiger partial charge in [0.15, 0.2) is 5.82 Å². The van der Waals surface area contributed by atoms with Crippen LogP contribution in [0.5, 0.6) is 0 Å². The maximum atomic E-state index is 6.10. The van der Waals surface area contributed by atoms with Crippen LogP contribution in [0.25, 0.3) is 11.0 Å². The van der Waals surface area contributed by atoms with Crippen LogP contribution in [0.3, 0.4) is 0 Å². The Morgan fingerprint density at radius 3 is 3.00 bits per heavy atom. The lowest BCUT2D eigenvalue weighted by Gasteiger charge is -2.27. The minimum atomic E-state index is 0.234. The van der Waals surface area contributed by atoms with Gasteiger partial charge >= 0.3 is 0 Å². The molecule has 1 aliphatic rings. The second-order valence-corrected chi connectivity index (χ2v) is 6.35. The number of halogens is 1. The SMILES string of the molecule is Cc1cnc2c(NC3CCCc4ccccc43)nc(Cl)nc2c1. The molecule has 0 bridgehead atoms. The molecule has 1 atom stereocenters. The summed E-state index contributed by atoms with van der Waals surface area (Å²) in [6.45, 7) is 1.99. The number of pyridine rings is 1. The predicted molar refractivity (Wildman–Crippen MR) is 92.8 cm³/mol. The van der Waals surface area contributed by atoms with Gasteiger partial charge < -0.3 is 5.32 Å². The molecule has 0 saturated heterocycles. The van der Waals surface area contributed by atoms with Crippen molar-refractivity contribution in [2.24, 2.45) is 0 Å². The highest BCUT2D eigenvalue weighted by molar-refractivity contribution is 6.28. The molecule has 5 heteroatoms. The fourth-order valence-electron chi connectivity index (χ4n) is 3.26. The van der Waals surface area contributed by atoms with E-state index in [9.17, 15) is 0 Å². The van der Waals surface area contributed by atoms with Crippen LogP contribution in [0, 0.1) is 6.92 Å². The molecule has 0 fully saturated rings. The fraction of sp³-hybridized carbons (Fsp3) is 0.278. The van der Waals surface area contributed by atoms with E-state index in [-0.39, 0.29) is 11.3 Å². The topological polar surface area (TPSA) is 50.7 Å². The quantitative estimate of drug-likeness (QED) is 0.706. The molecule has 1 N–H and O–H groups in total. The smallest absolute Gasteiger partial charge is 0.225 e. The minimum absolute atomic E-state index is 0.234. The summed E-state index contributed by atoms with van der Waals surface area (Å²) in [5, 5.41) is 3.79. The molecule has 1 unspecified atom stereocenters. The fourth-order valence-corrected chi connectivity index (χ4v) is 3.44. The molecule has 116 valence electrons. The Labute approximate surface area is 140 Å². The number of aryl methyl sites for hydroxylation is 2. The Hall–Kier alpha value is -2.20. The number of benzene rings is 1. The van der Waals surface area contributed by atoms with Crippen LogP contribution < -0.4 is 5.32 Å². The van der Waals surface area contributed by atoms with E-state index in [0.29, 0.717) is 5.82 Å². The van der Waals surface area contributed by atoms with Gasteiger partial charge in [-0.25, -0.2) is 4.98 Å². The van der Waals surface area contributed by atoms with Gasteiger partial charge in [0.1, 0.15) is 5.52 Å². The van der Waals surface area contributed by atoms with Crippen molar-refractivity contribution in [3.05, 3.63) is 58.5 Å². The second-order valence-electron chi connectivity index (χ2n) is 6.01. The number of anilines is 1. The molecule has 4 rings (SSSR count). The monoisotopic (exact) mass is 324 g/mol. The molecule has 4 nitrogen and oxygen atoms in total. The highest BCUT2D eigenvalue weighted by atomic mass is 35.5. The lowest BCUT2D eigenvalue weighted by atomic mass is 9.88. The first-order chi connectivity index (χ1) is 11.2. The lowest BCUT2D eigenvalue weighted by Crippen LogP contribution is -2.18. The summed E-state index contributed by atoms with van der Waals surface area (Å²) in [7, 11) is 0. The standard InChI is InChI=1S/C18H17ClN4/c1-11-9-15-16(20-10-11)17(23-18(19)22-15)21-14-8-4-6-12-5-2-3-7-13(12)14/h2-3,5,7,9-10,14H,4,6,8H2,1H3,(H,21,22,23). The molecule has 0 spiro atoms. The zero-order valence-electron chi connectivity index (χ0n) is 12.9. The number of fused-ring (bicyclic) bond motifs is 2. The van der Waals surface area contributed by atoms with Gasteiger partial charge in [0.05, 0.1) is 11.6 Å². The first-order valence-electron chi connectivity index (χ1n) is 7.85. The predicted octanol–water partition coefficient (Wildman–Crippen LogP) is 4.48. The normalized spacial score (nSPS) is 17.0. The molecule has 0 radical (unpaired) electrons. The highest BCUT2D eigenvalue weighted by Gasteiger charge is 2.21. The van der Waals surface area contributed by atoms with Crippen LogP contribution in [0.2, 0.25) is 5.28 Å². The summed E-state index contributed by atoms with van der Waals surface area (Å²) in [4.78, 5) is 13.2. The van der Waals surface area contributed by atoms with Gasteiger partial charge in [0.25, 0.3) is 0 Å². The molecule has 2 heterocycles. The Kier molecular flexibility index (Phi) is 3.62. The summed E-state index contributed by atoms with van der Waals surface area (Å²) in [5.41, 5.74) is 5.35. The highest BCUT2D eigenvalue weighted by Crippen LogP contribution is 2.33. The number of nitrogens with zero attached hydrogens (tertiary/aromatic N) is 3. The Bertz CT molecular complexity index is 873. The molecule has 0 aliphatic heterocycles. The largest absolute Gasteiger partial charge is 0.361 e. The molecule has 1 aromatic carbocycles. The van der Waals surface area contributed by atoms with E-state index < -0.39 is 0 Å². The van der Waals surface area contributed by atoms with Gasteiger partial charge in [-0.05, 0) is 60.5 Å². The van der Waals surface area contributed by atoms with Gasteiger partial charge in [-0.1, -0.05) is 24.3 Å². The van der Waals surface area contributed by atoms with Crippen LogP contribution in [0.4, 0.5) is 5.82 Å². The molecular formula is C18H17ClN4. The number of nitrogens with one attached hydrogen (secondary N) is 1. The van der Waals surface area contributed by atoms with E-state index in [1.807, 2.05) is 19.2 Å². The van der Waals surface area contributed by atoms with Gasteiger partial charge in [0, 0.05) is 6.20 Å². The van der Waals surface area contributed by atoms with Crippen molar-refractivity contribution < 1.29 is 0 Å². The number of aromatic nitrogens is 3. The molecule has 0 amide bonds. The lowest BCUT2D eigenvalue weighted by molar-refractivity contribution is 0.599. The molecular weight excluding hydrogens is 308 g/mol. The van der Waals surface area contributed by atoms with Crippen LogP contribution in [0.1, 0.15) is 35.6 Å². The van der Waals surface area contributed by atoms with E-state index in [2.05, 4.69) is 44.5 Å². The van der Waals surface area contributed by atoms with Crippen LogP contribution in [-0.2, 0) is 6.42 Å². The molecule has 0 saturated carbocycles. The van der Waals surface area contributed by atoms with Crippen molar-refractivity contribution in [1.82, 2.24) is 15.0 Å². The van der Waals surface area contributed by atoms with Crippen molar-refractivity contribution in [1.29, 1.82) is 0 Å². The molecule has 23 heavy (non-hydrogen) atoms. The number of rotatable bonds is 2. The van der Waals surface area contributed by atoms with Crippen molar-refractivity contribution in [3.8, 4) is 0 Å². The van der Waals surface area contributed by atoms with Crippen molar-refractivity contribution in [2.75, 3.05) is 5.32 Å².